The monoisotopic (exact) mass is 315 g/mol. The van der Waals surface area contributed by atoms with E-state index in [-0.39, 0.29) is 0 Å². The number of unbranched alkanes of at least 4 members (excludes halogenated alkanes) is 1. The van der Waals surface area contributed by atoms with Gasteiger partial charge in [0.15, 0.2) is 0 Å². The Morgan fingerprint density at radius 2 is 2.00 bits per heavy atom. The first kappa shape index (κ1) is 12.6. The van der Waals surface area contributed by atoms with Crippen molar-refractivity contribution in [2.75, 3.05) is 17.3 Å². The molecule has 3 nitrogen and oxygen atoms in total. The Morgan fingerprint density at radius 3 is 2.71 bits per heavy atom. The van der Waals surface area contributed by atoms with E-state index in [9.17, 15) is 9.59 Å². The number of ketones is 1. The van der Waals surface area contributed by atoms with Gasteiger partial charge >= 0.3 is 0 Å². The van der Waals surface area contributed by atoms with Crippen molar-refractivity contribution in [3.63, 3.8) is 0 Å². The van der Waals surface area contributed by atoms with Crippen LogP contribution in [-0.4, -0.2) is 24.1 Å². The molecule has 1 aromatic carbocycles. The van der Waals surface area contributed by atoms with Gasteiger partial charge < -0.3 is 4.90 Å². The van der Waals surface area contributed by atoms with Gasteiger partial charge in [-0.05, 0) is 31.0 Å². The second-order valence-corrected chi connectivity index (χ2v) is 5.14. The van der Waals surface area contributed by atoms with Crippen LogP contribution in [0.5, 0.6) is 0 Å². The van der Waals surface area contributed by atoms with Crippen molar-refractivity contribution in [3.8, 4) is 0 Å². The Balaban J connectivity index is 2.25. The fraction of sp³-hybridized carbons (Fsp3) is 0.333. The highest BCUT2D eigenvalue weighted by molar-refractivity contribution is 9.10. The molecule has 5 heteroatoms. The lowest BCUT2D eigenvalue weighted by Crippen LogP contribution is -2.30. The summed E-state index contributed by atoms with van der Waals surface area (Å²) in [5.74, 6) is -0.289. The number of alkyl halides is 1. The van der Waals surface area contributed by atoms with Crippen LogP contribution >= 0.6 is 27.5 Å². The number of nitrogens with zero attached hydrogens (tertiary/aromatic N) is 1. The molecule has 0 fully saturated rings. The second kappa shape index (κ2) is 5.19. The molecule has 0 aromatic heterocycles. The topological polar surface area (TPSA) is 37.4 Å². The van der Waals surface area contributed by atoms with E-state index >= 15 is 0 Å². The van der Waals surface area contributed by atoms with Gasteiger partial charge in [-0.3, -0.25) is 9.59 Å². The minimum atomic E-state index is -0.437. The summed E-state index contributed by atoms with van der Waals surface area (Å²) in [6, 6.07) is 5.32. The Bertz CT molecular complexity index is 476. The van der Waals surface area contributed by atoms with Gasteiger partial charge in [-0.1, -0.05) is 15.9 Å². The average Bonchev–Trinajstić information content (AvgIpc) is 2.54. The van der Waals surface area contributed by atoms with Gasteiger partial charge in [-0.25, -0.2) is 0 Å². The van der Waals surface area contributed by atoms with Crippen LogP contribution in [0.4, 0.5) is 5.69 Å². The van der Waals surface area contributed by atoms with E-state index in [4.69, 9.17) is 11.6 Å². The van der Waals surface area contributed by atoms with Crippen LogP contribution in [0.15, 0.2) is 22.7 Å². The number of carbonyl (C=O) groups is 2. The maximum Gasteiger partial charge on any atom is 0.299 e. The Kier molecular flexibility index (Phi) is 3.84. The molecular weight excluding hydrogens is 305 g/mol. The molecule has 1 heterocycles. The summed E-state index contributed by atoms with van der Waals surface area (Å²) < 4.78 is 0.806. The van der Waals surface area contributed by atoms with Gasteiger partial charge in [0.1, 0.15) is 0 Å². The summed E-state index contributed by atoms with van der Waals surface area (Å²) in [5, 5.41) is 0. The summed E-state index contributed by atoms with van der Waals surface area (Å²) in [4.78, 5) is 25.1. The molecule has 1 aliphatic rings. The van der Waals surface area contributed by atoms with Crippen molar-refractivity contribution >= 4 is 44.9 Å². The van der Waals surface area contributed by atoms with Crippen LogP contribution in [0.3, 0.4) is 0 Å². The third-order valence-corrected chi connectivity index (χ3v) is 3.46. The number of halogens is 2. The van der Waals surface area contributed by atoms with Gasteiger partial charge in [-0.2, -0.15) is 0 Å². The van der Waals surface area contributed by atoms with E-state index in [1.54, 1.807) is 12.1 Å². The van der Waals surface area contributed by atoms with Crippen LogP contribution in [-0.2, 0) is 4.79 Å². The van der Waals surface area contributed by atoms with Crippen LogP contribution in [0.1, 0.15) is 23.2 Å². The van der Waals surface area contributed by atoms with Gasteiger partial charge in [-0.15, -0.1) is 11.6 Å². The first-order valence-electron chi connectivity index (χ1n) is 5.37. The first-order chi connectivity index (χ1) is 8.15. The quantitative estimate of drug-likeness (QED) is 0.486. The molecule has 0 radical (unpaired) electrons. The molecule has 0 saturated heterocycles. The van der Waals surface area contributed by atoms with Gasteiger partial charge in [0.2, 0.25) is 0 Å². The number of anilines is 1. The molecular formula is C12H11BrClNO2. The summed E-state index contributed by atoms with van der Waals surface area (Å²) in [7, 11) is 0. The summed E-state index contributed by atoms with van der Waals surface area (Å²) in [6.45, 7) is 0.548. The number of hydrogen-bond acceptors (Lipinski definition) is 2. The predicted octanol–water partition coefficient (Wildman–Crippen LogP) is 3.00. The van der Waals surface area contributed by atoms with Crippen LogP contribution in [0.25, 0.3) is 0 Å². The molecule has 1 amide bonds. The second-order valence-electron chi connectivity index (χ2n) is 3.84. The van der Waals surface area contributed by atoms with E-state index < -0.39 is 11.7 Å². The highest BCUT2D eigenvalue weighted by Crippen LogP contribution is 2.31. The largest absolute Gasteiger partial charge is 0.305 e. The summed E-state index contributed by atoms with van der Waals surface area (Å²) >= 11 is 8.89. The number of Topliss-reactive ketones (excluding diaryl/α,β-unsaturated/α-hetero) is 1. The molecule has 0 unspecified atom stereocenters. The van der Waals surface area contributed by atoms with Crippen LogP contribution in [0.2, 0.25) is 0 Å². The number of rotatable bonds is 4. The lowest BCUT2D eigenvalue weighted by atomic mass is 10.1. The lowest BCUT2D eigenvalue weighted by molar-refractivity contribution is -0.114. The third kappa shape index (κ3) is 2.38. The number of hydrogen-bond donors (Lipinski definition) is 0. The Hall–Kier alpha value is -0.870. The molecule has 17 heavy (non-hydrogen) atoms. The first-order valence-corrected chi connectivity index (χ1v) is 6.69. The fourth-order valence-corrected chi connectivity index (χ4v) is 2.41. The number of fused-ring (bicyclic) bond motifs is 1. The fourth-order valence-electron chi connectivity index (χ4n) is 1.86. The van der Waals surface area contributed by atoms with E-state index in [0.29, 0.717) is 23.7 Å². The van der Waals surface area contributed by atoms with Gasteiger partial charge in [0.05, 0.1) is 11.3 Å². The van der Waals surface area contributed by atoms with Crippen molar-refractivity contribution in [2.24, 2.45) is 0 Å². The smallest absolute Gasteiger partial charge is 0.299 e. The molecule has 1 aromatic rings. The van der Waals surface area contributed by atoms with Crippen molar-refractivity contribution in [1.82, 2.24) is 0 Å². The van der Waals surface area contributed by atoms with Gasteiger partial charge in [0.25, 0.3) is 11.7 Å². The Morgan fingerprint density at radius 1 is 1.24 bits per heavy atom. The minimum Gasteiger partial charge on any atom is -0.305 e. The van der Waals surface area contributed by atoms with Crippen LogP contribution in [0, 0.1) is 0 Å². The molecule has 0 spiro atoms. The molecule has 0 N–H and O–H groups in total. The molecule has 2 rings (SSSR count). The molecule has 0 saturated carbocycles. The van der Waals surface area contributed by atoms with E-state index in [1.807, 2.05) is 6.07 Å². The van der Waals surface area contributed by atoms with Crippen molar-refractivity contribution in [3.05, 3.63) is 28.2 Å². The maximum absolute atomic E-state index is 11.8. The highest BCUT2D eigenvalue weighted by Gasteiger charge is 2.35. The molecule has 0 aliphatic carbocycles. The van der Waals surface area contributed by atoms with Crippen molar-refractivity contribution < 1.29 is 9.59 Å². The van der Waals surface area contributed by atoms with Crippen LogP contribution < -0.4 is 4.90 Å². The Labute approximate surface area is 113 Å². The molecule has 0 atom stereocenters. The number of carbonyl (C=O) groups excluding carboxylic acids is 2. The average molecular weight is 317 g/mol. The standard InChI is InChI=1S/C12H11BrClNO2/c13-8-3-4-10-9(7-8)11(16)12(17)15(10)6-2-1-5-14/h3-4,7H,1-2,5-6H2. The minimum absolute atomic E-state index is 0.424. The van der Waals surface area contributed by atoms with Gasteiger partial charge in [0, 0.05) is 16.9 Å². The molecule has 0 bridgehead atoms. The third-order valence-electron chi connectivity index (χ3n) is 2.70. The highest BCUT2D eigenvalue weighted by atomic mass is 79.9. The summed E-state index contributed by atoms with van der Waals surface area (Å²) in [6.07, 6.45) is 1.64. The lowest BCUT2D eigenvalue weighted by Gasteiger charge is -2.15. The number of amides is 1. The molecule has 1 aliphatic heterocycles. The predicted molar refractivity (Wildman–Crippen MR) is 70.8 cm³/mol. The zero-order valence-corrected chi connectivity index (χ0v) is 11.4. The summed E-state index contributed by atoms with van der Waals surface area (Å²) in [5.41, 5.74) is 1.19. The number of benzene rings is 1. The molecule has 90 valence electrons. The maximum atomic E-state index is 11.8. The van der Waals surface area contributed by atoms with Crippen molar-refractivity contribution in [1.29, 1.82) is 0 Å². The SMILES string of the molecule is O=C1C(=O)N(CCCCCl)c2ccc(Br)cc21. The van der Waals surface area contributed by atoms with Crippen molar-refractivity contribution in [2.45, 2.75) is 12.8 Å². The zero-order valence-electron chi connectivity index (χ0n) is 9.08. The van der Waals surface area contributed by atoms with E-state index in [0.717, 1.165) is 17.3 Å². The normalized spacial score (nSPS) is 14.4. The van der Waals surface area contributed by atoms with E-state index in [1.165, 1.54) is 4.90 Å². The van der Waals surface area contributed by atoms with E-state index in [2.05, 4.69) is 15.9 Å². The zero-order chi connectivity index (χ0) is 12.4.